The number of hydrogen-bond acceptors (Lipinski definition) is 7. The number of allylic oxidation sites excluding steroid dienone is 1. The molecular formula is C27H21N5O4S. The molecule has 10 heteroatoms. The molecule has 0 aliphatic rings. The first-order valence-corrected chi connectivity index (χ1v) is 12.1. The molecule has 1 heterocycles. The predicted molar refractivity (Wildman–Crippen MR) is 142 cm³/mol. The van der Waals surface area contributed by atoms with Crippen molar-refractivity contribution >= 4 is 51.8 Å². The van der Waals surface area contributed by atoms with E-state index < -0.39 is 10.8 Å². The Morgan fingerprint density at radius 1 is 1.11 bits per heavy atom. The average molecular weight is 512 g/mol. The molecule has 0 radical (unpaired) electrons. The SMILES string of the molecule is Cc1cc(C)n(C(=O)/C(C#N)=C/c2ccc(SCC(=O)Nc3ccc4ccccc4c3)c([N+](=O)[O-])c2)n1. The molecule has 1 aromatic heterocycles. The van der Waals surface area contributed by atoms with Crippen molar-refractivity contribution in [3.63, 3.8) is 0 Å². The maximum Gasteiger partial charge on any atom is 0.289 e. The Bertz CT molecular complexity index is 1620. The Labute approximate surface area is 216 Å². The van der Waals surface area contributed by atoms with Crippen LogP contribution >= 0.6 is 11.8 Å². The quantitative estimate of drug-likeness (QED) is 0.113. The second kappa shape index (κ2) is 10.9. The highest BCUT2D eigenvalue weighted by molar-refractivity contribution is 8.00. The van der Waals surface area contributed by atoms with Gasteiger partial charge in [0.2, 0.25) is 5.91 Å². The van der Waals surface area contributed by atoms with E-state index in [1.165, 1.54) is 18.2 Å². The fourth-order valence-electron chi connectivity index (χ4n) is 3.75. The number of nitro groups is 1. The largest absolute Gasteiger partial charge is 0.325 e. The lowest BCUT2D eigenvalue weighted by Crippen LogP contribution is -2.15. The van der Waals surface area contributed by atoms with Crippen LogP contribution in [-0.2, 0) is 4.79 Å². The number of aryl methyl sites for hydroxylation is 2. The van der Waals surface area contributed by atoms with Gasteiger partial charge in [-0.15, -0.1) is 11.8 Å². The zero-order chi connectivity index (χ0) is 26.5. The topological polar surface area (TPSA) is 131 Å². The molecule has 0 spiro atoms. The smallest absolute Gasteiger partial charge is 0.289 e. The molecule has 0 unspecified atom stereocenters. The second-order valence-electron chi connectivity index (χ2n) is 8.20. The molecular weight excluding hydrogens is 490 g/mol. The molecule has 0 atom stereocenters. The maximum absolute atomic E-state index is 12.7. The Hall–Kier alpha value is -4.75. The number of nitrogens with one attached hydrogen (secondary N) is 1. The molecule has 1 N–H and O–H groups in total. The molecule has 0 aliphatic heterocycles. The molecule has 184 valence electrons. The van der Waals surface area contributed by atoms with Crippen LogP contribution in [-0.4, -0.2) is 32.3 Å². The molecule has 0 bridgehead atoms. The van der Waals surface area contributed by atoms with Crippen LogP contribution in [0.4, 0.5) is 11.4 Å². The Morgan fingerprint density at radius 3 is 2.54 bits per heavy atom. The zero-order valence-corrected chi connectivity index (χ0v) is 20.8. The van der Waals surface area contributed by atoms with E-state index in [0.29, 0.717) is 27.5 Å². The number of carbonyl (C=O) groups is 2. The maximum atomic E-state index is 12.7. The van der Waals surface area contributed by atoms with E-state index in [1.54, 1.807) is 32.0 Å². The number of thioether (sulfide) groups is 1. The minimum Gasteiger partial charge on any atom is -0.325 e. The highest BCUT2D eigenvalue weighted by atomic mass is 32.2. The first-order chi connectivity index (χ1) is 17.7. The lowest BCUT2D eigenvalue weighted by molar-refractivity contribution is -0.387. The third kappa shape index (κ3) is 5.91. The lowest BCUT2D eigenvalue weighted by atomic mass is 10.1. The van der Waals surface area contributed by atoms with Gasteiger partial charge in [-0.1, -0.05) is 36.4 Å². The second-order valence-corrected chi connectivity index (χ2v) is 9.21. The lowest BCUT2D eigenvalue weighted by Gasteiger charge is -2.08. The number of fused-ring (bicyclic) bond motifs is 1. The summed E-state index contributed by atoms with van der Waals surface area (Å²) in [5, 5.41) is 30.2. The van der Waals surface area contributed by atoms with E-state index in [1.807, 2.05) is 42.5 Å². The number of rotatable bonds is 7. The van der Waals surface area contributed by atoms with Gasteiger partial charge in [-0.05, 0) is 60.5 Å². The molecule has 9 nitrogen and oxygen atoms in total. The van der Waals surface area contributed by atoms with Crippen LogP contribution in [0.25, 0.3) is 16.8 Å². The van der Waals surface area contributed by atoms with Crippen molar-refractivity contribution in [1.29, 1.82) is 5.26 Å². The fraction of sp³-hybridized carbons (Fsp3) is 0.111. The van der Waals surface area contributed by atoms with Crippen molar-refractivity contribution in [2.24, 2.45) is 0 Å². The first-order valence-electron chi connectivity index (χ1n) is 11.1. The average Bonchev–Trinajstić information content (AvgIpc) is 3.23. The third-order valence-corrected chi connectivity index (χ3v) is 6.50. The molecule has 0 fully saturated rings. The van der Waals surface area contributed by atoms with Crippen LogP contribution in [0.1, 0.15) is 21.7 Å². The van der Waals surface area contributed by atoms with Crippen molar-refractivity contribution in [2.75, 3.05) is 11.1 Å². The molecule has 0 aliphatic carbocycles. The van der Waals surface area contributed by atoms with E-state index in [2.05, 4.69) is 10.4 Å². The van der Waals surface area contributed by atoms with Crippen molar-refractivity contribution in [1.82, 2.24) is 9.78 Å². The zero-order valence-electron chi connectivity index (χ0n) is 20.0. The predicted octanol–water partition coefficient (Wildman–Crippen LogP) is 5.54. The van der Waals surface area contributed by atoms with Gasteiger partial charge < -0.3 is 5.32 Å². The van der Waals surface area contributed by atoms with Crippen LogP contribution in [0.15, 0.2) is 77.2 Å². The van der Waals surface area contributed by atoms with Crippen LogP contribution in [0.5, 0.6) is 0 Å². The van der Waals surface area contributed by atoms with Crippen molar-refractivity contribution < 1.29 is 14.5 Å². The first kappa shape index (κ1) is 25.3. The summed E-state index contributed by atoms with van der Waals surface area (Å²) in [7, 11) is 0. The number of nitrogens with zero attached hydrogens (tertiary/aromatic N) is 4. The number of nitro benzene ring substituents is 1. The summed E-state index contributed by atoms with van der Waals surface area (Å²) >= 11 is 1.03. The van der Waals surface area contributed by atoms with Gasteiger partial charge in [-0.25, -0.2) is 4.68 Å². The fourth-order valence-corrected chi connectivity index (χ4v) is 4.56. The number of hydrogen-bond donors (Lipinski definition) is 1. The monoisotopic (exact) mass is 511 g/mol. The van der Waals surface area contributed by atoms with Crippen molar-refractivity contribution in [3.8, 4) is 6.07 Å². The highest BCUT2D eigenvalue weighted by Gasteiger charge is 2.19. The summed E-state index contributed by atoms with van der Waals surface area (Å²) in [6, 6.07) is 21.2. The number of anilines is 1. The minimum absolute atomic E-state index is 0.0390. The molecule has 0 saturated carbocycles. The minimum atomic E-state index is -0.625. The molecule has 4 aromatic rings. The molecule has 37 heavy (non-hydrogen) atoms. The standard InChI is InChI=1S/C27H21N5O4S/c1-17-11-18(2)31(30-17)27(34)22(15-28)12-19-7-10-25(24(13-19)32(35)36)37-16-26(33)29-23-9-8-20-5-3-4-6-21(20)14-23/h3-14H,16H2,1-2H3,(H,29,33)/b22-12+. The van der Waals surface area contributed by atoms with Gasteiger partial charge in [0.25, 0.3) is 11.6 Å². The van der Waals surface area contributed by atoms with Crippen LogP contribution in [0.3, 0.4) is 0 Å². The normalized spacial score (nSPS) is 11.2. The highest BCUT2D eigenvalue weighted by Crippen LogP contribution is 2.31. The summed E-state index contributed by atoms with van der Waals surface area (Å²) in [6.07, 6.45) is 1.28. The summed E-state index contributed by atoms with van der Waals surface area (Å²) < 4.78 is 1.12. The number of aromatic nitrogens is 2. The van der Waals surface area contributed by atoms with E-state index in [9.17, 15) is 25.0 Å². The van der Waals surface area contributed by atoms with Crippen molar-refractivity contribution in [3.05, 3.63) is 99.4 Å². The summed E-state index contributed by atoms with van der Waals surface area (Å²) in [6.45, 7) is 3.42. The van der Waals surface area contributed by atoms with E-state index in [-0.39, 0.29) is 22.9 Å². The van der Waals surface area contributed by atoms with Gasteiger partial charge in [0.1, 0.15) is 11.6 Å². The van der Waals surface area contributed by atoms with Gasteiger partial charge in [-0.2, -0.15) is 10.4 Å². The van der Waals surface area contributed by atoms with Gasteiger partial charge in [0.05, 0.1) is 21.3 Å². The van der Waals surface area contributed by atoms with Gasteiger partial charge >= 0.3 is 0 Å². The Balaban J connectivity index is 1.49. The van der Waals surface area contributed by atoms with E-state index in [4.69, 9.17) is 0 Å². The molecule has 1 amide bonds. The number of nitriles is 1. The van der Waals surface area contributed by atoms with Crippen LogP contribution in [0.2, 0.25) is 0 Å². The summed E-state index contributed by atoms with van der Waals surface area (Å²) in [5.41, 5.74) is 1.70. The van der Waals surface area contributed by atoms with Gasteiger partial charge in [-0.3, -0.25) is 19.7 Å². The van der Waals surface area contributed by atoms with E-state index >= 15 is 0 Å². The van der Waals surface area contributed by atoms with Crippen molar-refractivity contribution in [2.45, 2.75) is 18.7 Å². The number of carbonyl (C=O) groups excluding carboxylic acids is 2. The summed E-state index contributed by atoms with van der Waals surface area (Å²) in [4.78, 5) is 36.7. The number of amides is 1. The molecule has 0 saturated heterocycles. The molecule has 3 aromatic carbocycles. The third-order valence-electron chi connectivity index (χ3n) is 5.44. The van der Waals surface area contributed by atoms with Crippen LogP contribution < -0.4 is 5.32 Å². The van der Waals surface area contributed by atoms with Crippen LogP contribution in [0, 0.1) is 35.3 Å². The van der Waals surface area contributed by atoms with E-state index in [0.717, 1.165) is 27.2 Å². The Morgan fingerprint density at radius 2 is 1.86 bits per heavy atom. The summed E-state index contributed by atoms with van der Waals surface area (Å²) in [5.74, 6) is -0.969. The molecule has 4 rings (SSSR count). The van der Waals surface area contributed by atoms with Gasteiger partial charge in [0.15, 0.2) is 0 Å². The Kier molecular flexibility index (Phi) is 7.46. The number of benzene rings is 3. The van der Waals surface area contributed by atoms with Gasteiger partial charge in [0, 0.05) is 17.4 Å².